The summed E-state index contributed by atoms with van der Waals surface area (Å²) in [6.45, 7) is 0. The highest BCUT2D eigenvalue weighted by Gasteiger charge is 1.99. The second-order valence-electron chi connectivity index (χ2n) is 2.07. The van der Waals surface area contributed by atoms with Crippen LogP contribution in [0.25, 0.3) is 12.2 Å². The van der Waals surface area contributed by atoms with Gasteiger partial charge in [-0.15, -0.1) is 0 Å². The minimum Gasteiger partial charge on any atom is -0.464 e. The van der Waals surface area contributed by atoms with Gasteiger partial charge in [-0.2, -0.15) is 0 Å². The summed E-state index contributed by atoms with van der Waals surface area (Å²) in [7, 11) is 0. The van der Waals surface area contributed by atoms with Gasteiger partial charge in [0.15, 0.2) is 0 Å². The van der Waals surface area contributed by atoms with Crippen LogP contribution in [0.15, 0.2) is 29.1 Å². The van der Waals surface area contributed by atoms with E-state index in [0.29, 0.717) is 0 Å². The fourth-order valence-electron chi connectivity index (χ4n) is 0.921. The normalized spacial score (nSPS) is 14.0. The van der Waals surface area contributed by atoms with Gasteiger partial charge in [0.05, 0.1) is 6.26 Å². The number of rotatable bonds is 0. The Kier molecular flexibility index (Phi) is 1.10. The molecule has 1 aromatic heterocycles. The average molecular weight is 133 g/mol. The van der Waals surface area contributed by atoms with Crippen molar-refractivity contribution in [3.63, 3.8) is 0 Å². The Hall–Kier alpha value is -1.44. The first kappa shape index (κ1) is 5.35. The quantitative estimate of drug-likeness (QED) is 0.584. The molecule has 0 saturated carbocycles. The lowest BCUT2D eigenvalue weighted by atomic mass is 10.2. The summed E-state index contributed by atoms with van der Waals surface area (Å²) >= 11 is 0. The smallest absolute Gasteiger partial charge is 0.135 e. The van der Waals surface area contributed by atoms with Crippen molar-refractivity contribution in [2.24, 2.45) is 0 Å². The molecule has 2 rings (SSSR count). The largest absolute Gasteiger partial charge is 0.464 e. The lowest BCUT2D eigenvalue weighted by Gasteiger charge is -1.83. The second kappa shape index (κ2) is 2.06. The highest BCUT2D eigenvalue weighted by atomic mass is 16.3. The molecule has 2 nitrogen and oxygen atoms in total. The predicted molar refractivity (Wildman–Crippen MR) is 39.9 cm³/mol. The first-order chi connectivity index (χ1) is 4.97. The van der Waals surface area contributed by atoms with Crippen molar-refractivity contribution in [3.05, 3.63) is 36.1 Å². The maximum Gasteiger partial charge on any atom is 0.135 e. The van der Waals surface area contributed by atoms with Crippen LogP contribution in [0, 0.1) is 0 Å². The summed E-state index contributed by atoms with van der Waals surface area (Å²) in [5.41, 5.74) is 1.11. The number of hydrogen-bond acceptors (Lipinski definition) is 2. The molecule has 1 aliphatic heterocycles. The van der Waals surface area contributed by atoms with Crippen LogP contribution in [0.3, 0.4) is 0 Å². The van der Waals surface area contributed by atoms with E-state index in [1.54, 1.807) is 6.26 Å². The third kappa shape index (κ3) is 0.739. The number of nitrogens with one attached hydrogen (secondary N) is 1. The molecule has 0 radical (unpaired) electrons. The van der Waals surface area contributed by atoms with Gasteiger partial charge < -0.3 is 9.73 Å². The van der Waals surface area contributed by atoms with Crippen molar-refractivity contribution >= 4 is 12.2 Å². The van der Waals surface area contributed by atoms with E-state index in [0.717, 1.165) is 11.3 Å². The number of hydrogen-bond donors (Lipinski definition) is 1. The third-order valence-electron chi connectivity index (χ3n) is 1.42. The predicted octanol–water partition coefficient (Wildman–Crippen LogP) is 1.82. The Morgan fingerprint density at radius 2 is 2.10 bits per heavy atom. The molecule has 0 amide bonds. The van der Waals surface area contributed by atoms with Gasteiger partial charge in [0.25, 0.3) is 0 Å². The van der Waals surface area contributed by atoms with Gasteiger partial charge in [-0.25, -0.2) is 0 Å². The van der Waals surface area contributed by atoms with Crippen molar-refractivity contribution in [2.45, 2.75) is 0 Å². The Morgan fingerprint density at radius 3 is 3.10 bits per heavy atom. The van der Waals surface area contributed by atoms with Gasteiger partial charge in [0.2, 0.25) is 0 Å². The fourth-order valence-corrected chi connectivity index (χ4v) is 0.921. The molecule has 0 atom stereocenters. The first-order valence-electron chi connectivity index (χ1n) is 3.13. The molecule has 0 bridgehead atoms. The molecule has 0 unspecified atom stereocenters. The van der Waals surface area contributed by atoms with Crippen LogP contribution in [0.2, 0.25) is 0 Å². The van der Waals surface area contributed by atoms with E-state index in [4.69, 9.17) is 4.42 Å². The highest BCUT2D eigenvalue weighted by Crippen LogP contribution is 2.14. The van der Waals surface area contributed by atoms with E-state index >= 15 is 0 Å². The molecule has 10 heavy (non-hydrogen) atoms. The Bertz CT molecular complexity index is 257. The SMILES string of the molecule is C1=Cc2ccoc2C=CN1. The van der Waals surface area contributed by atoms with Crippen molar-refractivity contribution in [3.8, 4) is 0 Å². The van der Waals surface area contributed by atoms with Gasteiger partial charge in [-0.05, 0) is 18.2 Å². The van der Waals surface area contributed by atoms with E-state index in [2.05, 4.69) is 5.32 Å². The van der Waals surface area contributed by atoms with Crippen LogP contribution in [0.4, 0.5) is 0 Å². The Balaban J connectivity index is 2.56. The Morgan fingerprint density at radius 1 is 1.20 bits per heavy atom. The molecule has 2 heteroatoms. The summed E-state index contributed by atoms with van der Waals surface area (Å²) in [5.74, 6) is 0.904. The van der Waals surface area contributed by atoms with Crippen molar-refractivity contribution in [1.82, 2.24) is 5.32 Å². The fraction of sp³-hybridized carbons (Fsp3) is 0. The molecule has 1 aromatic rings. The Labute approximate surface area is 58.9 Å². The molecule has 1 N–H and O–H groups in total. The molecule has 0 aromatic carbocycles. The molecule has 2 heterocycles. The van der Waals surface area contributed by atoms with E-state index in [1.165, 1.54) is 0 Å². The van der Waals surface area contributed by atoms with Crippen LogP contribution >= 0.6 is 0 Å². The highest BCUT2D eigenvalue weighted by molar-refractivity contribution is 5.62. The van der Waals surface area contributed by atoms with Crippen molar-refractivity contribution < 1.29 is 4.42 Å². The topological polar surface area (TPSA) is 25.2 Å². The first-order valence-corrected chi connectivity index (χ1v) is 3.13. The van der Waals surface area contributed by atoms with Gasteiger partial charge >= 0.3 is 0 Å². The second-order valence-corrected chi connectivity index (χ2v) is 2.07. The zero-order valence-corrected chi connectivity index (χ0v) is 5.37. The summed E-state index contributed by atoms with van der Waals surface area (Å²) in [6, 6.07) is 1.93. The lowest BCUT2D eigenvalue weighted by molar-refractivity contribution is 0.556. The summed E-state index contributed by atoms with van der Waals surface area (Å²) < 4.78 is 5.16. The standard InChI is InChI=1S/C8H7NO/c1-4-9-5-2-8-7(1)3-6-10-8/h1-6,9H. The van der Waals surface area contributed by atoms with Crippen molar-refractivity contribution in [1.29, 1.82) is 0 Å². The van der Waals surface area contributed by atoms with Crippen LogP contribution in [0.1, 0.15) is 11.3 Å². The number of fused-ring (bicyclic) bond motifs is 1. The minimum atomic E-state index is 0.904. The zero-order valence-electron chi connectivity index (χ0n) is 5.37. The maximum absolute atomic E-state index is 5.16. The summed E-state index contributed by atoms with van der Waals surface area (Å²) in [5, 5.41) is 2.96. The molecule has 50 valence electrons. The zero-order chi connectivity index (χ0) is 6.81. The van der Waals surface area contributed by atoms with E-state index in [9.17, 15) is 0 Å². The van der Waals surface area contributed by atoms with E-state index < -0.39 is 0 Å². The lowest BCUT2D eigenvalue weighted by Crippen LogP contribution is -1.87. The molecule has 0 fully saturated rings. The molecule has 1 aliphatic rings. The maximum atomic E-state index is 5.16. The monoisotopic (exact) mass is 133 g/mol. The van der Waals surface area contributed by atoms with Crippen molar-refractivity contribution in [2.75, 3.05) is 0 Å². The van der Waals surface area contributed by atoms with Gasteiger partial charge in [0, 0.05) is 18.0 Å². The minimum absolute atomic E-state index is 0.904. The molecule has 0 aliphatic carbocycles. The number of furan rings is 1. The molecule has 0 spiro atoms. The molecular formula is C8H7NO. The van der Waals surface area contributed by atoms with Crippen LogP contribution in [0.5, 0.6) is 0 Å². The van der Waals surface area contributed by atoms with E-state index in [-0.39, 0.29) is 0 Å². The van der Waals surface area contributed by atoms with Gasteiger partial charge in [-0.3, -0.25) is 0 Å². The van der Waals surface area contributed by atoms with Crippen LogP contribution in [-0.4, -0.2) is 0 Å². The van der Waals surface area contributed by atoms with Crippen LogP contribution < -0.4 is 5.32 Å². The average Bonchev–Trinajstić information content (AvgIpc) is 2.28. The molecule has 0 saturated heterocycles. The third-order valence-corrected chi connectivity index (χ3v) is 1.42. The van der Waals surface area contributed by atoms with Crippen LogP contribution in [-0.2, 0) is 0 Å². The molecular weight excluding hydrogens is 126 g/mol. The van der Waals surface area contributed by atoms with Gasteiger partial charge in [0.1, 0.15) is 5.76 Å². The summed E-state index contributed by atoms with van der Waals surface area (Å²) in [4.78, 5) is 0. The van der Waals surface area contributed by atoms with E-state index in [1.807, 2.05) is 30.6 Å². The summed E-state index contributed by atoms with van der Waals surface area (Å²) in [6.07, 6.45) is 9.27. The van der Waals surface area contributed by atoms with Gasteiger partial charge in [-0.1, -0.05) is 0 Å².